The van der Waals surface area contributed by atoms with Crippen molar-refractivity contribution in [1.29, 1.82) is 0 Å². The van der Waals surface area contributed by atoms with Crippen LogP contribution in [0.4, 0.5) is 0 Å². The summed E-state index contributed by atoms with van der Waals surface area (Å²) in [6.45, 7) is 5.79. The summed E-state index contributed by atoms with van der Waals surface area (Å²) in [5.41, 5.74) is 0. The van der Waals surface area contributed by atoms with Crippen LogP contribution >= 0.6 is 11.8 Å². The highest BCUT2D eigenvalue weighted by atomic mass is 32.2. The quantitative estimate of drug-likeness (QED) is 0.721. The Morgan fingerprint density at radius 2 is 1.71 bits per heavy atom. The maximum absolute atomic E-state index is 3.73. The second-order valence-corrected chi connectivity index (χ2v) is 6.55. The van der Waals surface area contributed by atoms with Crippen molar-refractivity contribution >= 4 is 11.8 Å². The molecular weight excluding hydrogens is 190 g/mol. The summed E-state index contributed by atoms with van der Waals surface area (Å²) in [6, 6.07) is 0.795. The van der Waals surface area contributed by atoms with Gasteiger partial charge in [-0.2, -0.15) is 11.8 Å². The number of thioether (sulfide) groups is 1. The summed E-state index contributed by atoms with van der Waals surface area (Å²) >= 11 is 1.96. The van der Waals surface area contributed by atoms with Crippen LogP contribution in [0.2, 0.25) is 0 Å². The van der Waals surface area contributed by atoms with Crippen LogP contribution in [-0.4, -0.2) is 23.6 Å². The molecular formula is C12H25NS. The summed E-state index contributed by atoms with van der Waals surface area (Å²) < 4.78 is 0.395. The number of hydrogen-bond acceptors (Lipinski definition) is 2. The fraction of sp³-hybridized carbons (Fsp3) is 1.00. The van der Waals surface area contributed by atoms with Crippen molar-refractivity contribution in [3.63, 3.8) is 0 Å². The highest BCUT2D eigenvalue weighted by Crippen LogP contribution is 2.22. The molecule has 0 bridgehead atoms. The van der Waals surface area contributed by atoms with Crippen LogP contribution in [0.3, 0.4) is 0 Å². The van der Waals surface area contributed by atoms with Gasteiger partial charge < -0.3 is 5.32 Å². The minimum absolute atomic E-state index is 0.395. The van der Waals surface area contributed by atoms with Crippen LogP contribution in [0, 0.1) is 0 Å². The van der Waals surface area contributed by atoms with Crippen LogP contribution in [0.1, 0.15) is 52.4 Å². The molecule has 0 heterocycles. The van der Waals surface area contributed by atoms with Crippen molar-refractivity contribution in [3.05, 3.63) is 0 Å². The summed E-state index contributed by atoms with van der Waals surface area (Å²) in [7, 11) is 0. The van der Waals surface area contributed by atoms with Gasteiger partial charge in [-0.1, -0.05) is 25.7 Å². The van der Waals surface area contributed by atoms with Gasteiger partial charge in [0.2, 0.25) is 0 Å². The average molecular weight is 215 g/mol. The van der Waals surface area contributed by atoms with E-state index in [0.29, 0.717) is 4.75 Å². The van der Waals surface area contributed by atoms with Gasteiger partial charge in [0.25, 0.3) is 0 Å². The van der Waals surface area contributed by atoms with E-state index in [1.54, 1.807) is 0 Å². The molecule has 1 fully saturated rings. The molecule has 0 aromatic heterocycles. The molecule has 0 aliphatic heterocycles. The average Bonchev–Trinajstić information content (AvgIpc) is 2.43. The first kappa shape index (κ1) is 12.4. The molecule has 0 amide bonds. The lowest BCUT2D eigenvalue weighted by molar-refractivity contribution is 0.439. The predicted octanol–water partition coefficient (Wildman–Crippen LogP) is 3.44. The van der Waals surface area contributed by atoms with E-state index in [1.165, 1.54) is 38.5 Å². The van der Waals surface area contributed by atoms with Gasteiger partial charge >= 0.3 is 0 Å². The molecule has 1 N–H and O–H groups in total. The van der Waals surface area contributed by atoms with E-state index in [4.69, 9.17) is 0 Å². The van der Waals surface area contributed by atoms with E-state index >= 15 is 0 Å². The molecule has 0 unspecified atom stereocenters. The van der Waals surface area contributed by atoms with Gasteiger partial charge in [-0.05, 0) is 32.9 Å². The van der Waals surface area contributed by atoms with Crippen molar-refractivity contribution in [3.8, 4) is 0 Å². The van der Waals surface area contributed by atoms with Crippen molar-refractivity contribution < 1.29 is 0 Å². The minimum Gasteiger partial charge on any atom is -0.313 e. The normalized spacial score (nSPS) is 20.8. The standard InChI is InChI=1S/C12H25NS/c1-12(2,14-3)10-13-11-8-6-4-5-7-9-11/h11,13H,4-10H2,1-3H3. The maximum atomic E-state index is 3.73. The summed E-state index contributed by atoms with van der Waals surface area (Å²) in [4.78, 5) is 0. The molecule has 1 saturated carbocycles. The molecule has 0 atom stereocenters. The largest absolute Gasteiger partial charge is 0.313 e. The van der Waals surface area contributed by atoms with Crippen LogP contribution in [0.25, 0.3) is 0 Å². The molecule has 0 saturated heterocycles. The van der Waals surface area contributed by atoms with Gasteiger partial charge in [0.1, 0.15) is 0 Å². The first-order valence-corrected chi connectivity index (χ1v) is 7.15. The van der Waals surface area contributed by atoms with Crippen LogP contribution in [0.5, 0.6) is 0 Å². The third-order valence-electron chi connectivity index (χ3n) is 3.22. The highest BCUT2D eigenvalue weighted by molar-refractivity contribution is 7.99. The molecule has 0 aromatic carbocycles. The van der Waals surface area contributed by atoms with Crippen LogP contribution in [0.15, 0.2) is 0 Å². The van der Waals surface area contributed by atoms with Gasteiger partial charge in [-0.3, -0.25) is 0 Å². The van der Waals surface area contributed by atoms with Gasteiger partial charge in [0.15, 0.2) is 0 Å². The molecule has 1 rings (SSSR count). The lowest BCUT2D eigenvalue weighted by Gasteiger charge is -2.26. The van der Waals surface area contributed by atoms with Gasteiger partial charge in [-0.25, -0.2) is 0 Å². The molecule has 0 aromatic rings. The summed E-state index contributed by atoms with van der Waals surface area (Å²) in [5.74, 6) is 0. The minimum atomic E-state index is 0.395. The van der Waals surface area contributed by atoms with E-state index < -0.39 is 0 Å². The van der Waals surface area contributed by atoms with E-state index in [0.717, 1.165) is 12.6 Å². The zero-order chi connectivity index (χ0) is 10.4. The van der Waals surface area contributed by atoms with E-state index in [2.05, 4.69) is 25.4 Å². The SMILES string of the molecule is CSC(C)(C)CNC1CCCCCC1. The third-order valence-corrected chi connectivity index (χ3v) is 4.47. The Hall–Kier alpha value is 0.310. The van der Waals surface area contributed by atoms with Gasteiger partial charge in [0, 0.05) is 17.3 Å². The second kappa shape index (κ2) is 6.02. The zero-order valence-corrected chi connectivity index (χ0v) is 10.8. The molecule has 1 nitrogen and oxygen atoms in total. The molecule has 1 aliphatic carbocycles. The van der Waals surface area contributed by atoms with Gasteiger partial charge in [0.05, 0.1) is 0 Å². The van der Waals surface area contributed by atoms with Crippen molar-refractivity contribution in [2.24, 2.45) is 0 Å². The topological polar surface area (TPSA) is 12.0 Å². The van der Waals surface area contributed by atoms with E-state index in [9.17, 15) is 0 Å². The Balaban J connectivity index is 2.22. The molecule has 1 aliphatic rings. The Labute approximate surface area is 93.4 Å². The Morgan fingerprint density at radius 3 is 2.21 bits per heavy atom. The van der Waals surface area contributed by atoms with Crippen LogP contribution in [-0.2, 0) is 0 Å². The van der Waals surface area contributed by atoms with Crippen molar-refractivity contribution in [2.75, 3.05) is 12.8 Å². The fourth-order valence-corrected chi connectivity index (χ4v) is 2.17. The monoisotopic (exact) mass is 215 g/mol. The second-order valence-electron chi connectivity index (χ2n) is 5.03. The Kier molecular flexibility index (Phi) is 5.32. The van der Waals surface area contributed by atoms with Crippen molar-refractivity contribution in [2.45, 2.75) is 63.2 Å². The Bertz CT molecular complexity index is 148. The summed E-state index contributed by atoms with van der Waals surface area (Å²) in [5, 5.41) is 3.73. The lowest BCUT2D eigenvalue weighted by atomic mass is 10.1. The van der Waals surface area contributed by atoms with Crippen molar-refractivity contribution in [1.82, 2.24) is 5.32 Å². The number of nitrogens with one attached hydrogen (secondary N) is 1. The summed E-state index contributed by atoms with van der Waals surface area (Å²) in [6.07, 6.45) is 10.7. The molecule has 14 heavy (non-hydrogen) atoms. The fourth-order valence-electron chi connectivity index (χ4n) is 1.95. The van der Waals surface area contributed by atoms with Gasteiger partial charge in [-0.15, -0.1) is 0 Å². The van der Waals surface area contributed by atoms with E-state index in [1.807, 2.05) is 11.8 Å². The van der Waals surface area contributed by atoms with Crippen LogP contribution < -0.4 is 5.32 Å². The molecule has 84 valence electrons. The number of rotatable bonds is 4. The highest BCUT2D eigenvalue weighted by Gasteiger charge is 2.18. The van der Waals surface area contributed by atoms with E-state index in [-0.39, 0.29) is 0 Å². The first-order chi connectivity index (χ1) is 6.64. The predicted molar refractivity (Wildman–Crippen MR) is 67.1 cm³/mol. The molecule has 2 heteroatoms. The third kappa shape index (κ3) is 4.70. The Morgan fingerprint density at radius 1 is 1.14 bits per heavy atom. The molecule has 0 spiro atoms. The first-order valence-electron chi connectivity index (χ1n) is 5.92. The maximum Gasteiger partial charge on any atom is 0.0225 e. The zero-order valence-electron chi connectivity index (χ0n) is 9.94. The number of hydrogen-bond donors (Lipinski definition) is 1. The smallest absolute Gasteiger partial charge is 0.0225 e. The molecule has 0 radical (unpaired) electrons. The lowest BCUT2D eigenvalue weighted by Crippen LogP contribution is -2.38.